The summed E-state index contributed by atoms with van der Waals surface area (Å²) in [6.45, 7) is 2.19. The number of nitrogens with zero attached hydrogens (tertiary/aromatic N) is 1. The van der Waals surface area contributed by atoms with Crippen molar-refractivity contribution in [2.45, 2.75) is 19.9 Å². The van der Waals surface area contributed by atoms with E-state index >= 15 is 0 Å². The van der Waals surface area contributed by atoms with Gasteiger partial charge in [-0.25, -0.2) is 8.78 Å². The van der Waals surface area contributed by atoms with Crippen LogP contribution in [-0.4, -0.2) is 17.6 Å². The van der Waals surface area contributed by atoms with Crippen molar-refractivity contribution in [2.75, 3.05) is 6.61 Å². The van der Waals surface area contributed by atoms with Gasteiger partial charge in [0.25, 0.3) is 6.43 Å². The highest BCUT2D eigenvalue weighted by molar-refractivity contribution is 5.86. The summed E-state index contributed by atoms with van der Waals surface area (Å²) in [5.41, 5.74) is 0.784. The van der Waals surface area contributed by atoms with Gasteiger partial charge in [0.2, 0.25) is 0 Å². The molecule has 1 heterocycles. The number of alkyl halides is 2. The molecule has 0 spiro atoms. The van der Waals surface area contributed by atoms with E-state index in [4.69, 9.17) is 4.74 Å². The normalized spacial score (nSPS) is 11.2. The van der Waals surface area contributed by atoms with Gasteiger partial charge >= 0.3 is 0 Å². The molecule has 0 bridgehead atoms. The number of aromatic nitrogens is 1. The molecule has 0 fully saturated rings. The molecule has 0 N–H and O–H groups in total. The van der Waals surface area contributed by atoms with Crippen LogP contribution in [0.2, 0.25) is 0 Å². The topological polar surface area (TPSA) is 14.2 Å². The van der Waals surface area contributed by atoms with Crippen molar-refractivity contribution in [2.24, 2.45) is 0 Å². The SMILES string of the molecule is CCOc1cccc2c1ccn2CC(F)F. The molecule has 86 valence electrons. The van der Waals surface area contributed by atoms with E-state index in [1.165, 1.54) is 0 Å². The van der Waals surface area contributed by atoms with Crippen molar-refractivity contribution in [1.82, 2.24) is 4.57 Å². The molecule has 16 heavy (non-hydrogen) atoms. The van der Waals surface area contributed by atoms with Gasteiger partial charge in [-0.1, -0.05) is 6.07 Å². The van der Waals surface area contributed by atoms with Crippen LogP contribution < -0.4 is 4.74 Å². The van der Waals surface area contributed by atoms with E-state index in [-0.39, 0.29) is 6.54 Å². The van der Waals surface area contributed by atoms with Gasteiger partial charge in [-0.3, -0.25) is 0 Å². The van der Waals surface area contributed by atoms with Gasteiger partial charge in [0, 0.05) is 11.6 Å². The second-order valence-electron chi connectivity index (χ2n) is 3.48. The van der Waals surface area contributed by atoms with Gasteiger partial charge < -0.3 is 9.30 Å². The number of rotatable bonds is 4. The minimum Gasteiger partial charge on any atom is -0.493 e. The molecule has 0 saturated heterocycles. The van der Waals surface area contributed by atoms with Crippen LogP contribution in [0.3, 0.4) is 0 Å². The Bertz CT molecular complexity index is 479. The molecule has 0 aliphatic heterocycles. The summed E-state index contributed by atoms with van der Waals surface area (Å²) in [4.78, 5) is 0. The molecule has 2 nitrogen and oxygen atoms in total. The predicted octanol–water partition coefficient (Wildman–Crippen LogP) is 3.31. The quantitative estimate of drug-likeness (QED) is 0.778. The second kappa shape index (κ2) is 4.51. The monoisotopic (exact) mass is 225 g/mol. The van der Waals surface area contributed by atoms with E-state index in [0.29, 0.717) is 6.61 Å². The third-order valence-corrected chi connectivity index (χ3v) is 2.41. The first-order valence-electron chi connectivity index (χ1n) is 5.21. The number of halogens is 2. The fourth-order valence-corrected chi connectivity index (χ4v) is 1.78. The Morgan fingerprint density at radius 3 is 2.81 bits per heavy atom. The molecule has 0 radical (unpaired) electrons. The summed E-state index contributed by atoms with van der Waals surface area (Å²) < 4.78 is 31.6. The van der Waals surface area contributed by atoms with Crippen LogP contribution in [0.1, 0.15) is 6.92 Å². The number of benzene rings is 1. The highest BCUT2D eigenvalue weighted by Crippen LogP contribution is 2.26. The van der Waals surface area contributed by atoms with Crippen molar-refractivity contribution >= 4 is 10.9 Å². The van der Waals surface area contributed by atoms with Gasteiger partial charge in [-0.2, -0.15) is 0 Å². The average Bonchev–Trinajstić information content (AvgIpc) is 2.63. The molecule has 4 heteroatoms. The minimum atomic E-state index is -2.34. The summed E-state index contributed by atoms with van der Waals surface area (Å²) in [6, 6.07) is 7.29. The zero-order chi connectivity index (χ0) is 11.5. The van der Waals surface area contributed by atoms with Crippen molar-refractivity contribution in [1.29, 1.82) is 0 Å². The van der Waals surface area contributed by atoms with Gasteiger partial charge in [0.15, 0.2) is 0 Å². The fraction of sp³-hybridized carbons (Fsp3) is 0.333. The van der Waals surface area contributed by atoms with E-state index in [1.807, 2.05) is 31.2 Å². The summed E-state index contributed by atoms with van der Waals surface area (Å²) >= 11 is 0. The lowest BCUT2D eigenvalue weighted by molar-refractivity contribution is 0.128. The lowest BCUT2D eigenvalue weighted by atomic mass is 10.2. The zero-order valence-corrected chi connectivity index (χ0v) is 8.99. The van der Waals surface area contributed by atoms with Crippen LogP contribution in [0, 0.1) is 0 Å². The molecule has 0 aliphatic carbocycles. The minimum absolute atomic E-state index is 0.279. The molecule has 1 aromatic carbocycles. The summed E-state index contributed by atoms with van der Waals surface area (Å²) in [7, 11) is 0. The van der Waals surface area contributed by atoms with Crippen molar-refractivity contribution in [3.05, 3.63) is 30.5 Å². The molecule has 0 saturated carbocycles. The smallest absolute Gasteiger partial charge is 0.256 e. The lowest BCUT2D eigenvalue weighted by Crippen LogP contribution is -2.04. The van der Waals surface area contributed by atoms with Crippen LogP contribution in [-0.2, 0) is 6.54 Å². The van der Waals surface area contributed by atoms with Gasteiger partial charge in [0.1, 0.15) is 5.75 Å². The van der Waals surface area contributed by atoms with E-state index in [9.17, 15) is 8.78 Å². The summed E-state index contributed by atoms with van der Waals surface area (Å²) in [5, 5.41) is 0.880. The lowest BCUT2D eigenvalue weighted by Gasteiger charge is -2.07. The maximum atomic E-state index is 12.3. The molecule has 1 aromatic heterocycles. The Balaban J connectivity index is 2.44. The molecule has 2 rings (SSSR count). The number of fused-ring (bicyclic) bond motifs is 1. The Kier molecular flexibility index (Phi) is 3.08. The van der Waals surface area contributed by atoms with Crippen LogP contribution >= 0.6 is 0 Å². The van der Waals surface area contributed by atoms with E-state index in [1.54, 1.807) is 10.8 Å². The molecule has 0 amide bonds. The third-order valence-electron chi connectivity index (χ3n) is 2.41. The molecular formula is C12H13F2NO. The third kappa shape index (κ3) is 2.01. The summed E-state index contributed by atoms with van der Waals surface area (Å²) in [5.74, 6) is 0.744. The molecule has 0 atom stereocenters. The average molecular weight is 225 g/mol. The Hall–Kier alpha value is -1.58. The Labute approximate surface area is 92.4 Å². The van der Waals surface area contributed by atoms with Crippen molar-refractivity contribution in [3.63, 3.8) is 0 Å². The van der Waals surface area contributed by atoms with Gasteiger partial charge in [0.05, 0.1) is 18.7 Å². The highest BCUT2D eigenvalue weighted by atomic mass is 19.3. The van der Waals surface area contributed by atoms with Gasteiger partial charge in [-0.15, -0.1) is 0 Å². The standard InChI is InChI=1S/C12H13F2NO/c1-2-16-11-5-3-4-10-9(11)6-7-15(10)8-12(13)14/h3-7,12H,2,8H2,1H3. The molecule has 2 aromatic rings. The van der Waals surface area contributed by atoms with Crippen molar-refractivity contribution < 1.29 is 13.5 Å². The van der Waals surface area contributed by atoms with Crippen LogP contribution in [0.25, 0.3) is 10.9 Å². The number of hydrogen-bond donors (Lipinski definition) is 0. The Morgan fingerprint density at radius 1 is 1.31 bits per heavy atom. The van der Waals surface area contributed by atoms with Gasteiger partial charge in [-0.05, 0) is 25.1 Å². The van der Waals surface area contributed by atoms with Crippen LogP contribution in [0.4, 0.5) is 8.78 Å². The first kappa shape index (κ1) is 10.9. The molecule has 0 aliphatic rings. The zero-order valence-electron chi connectivity index (χ0n) is 8.99. The maximum Gasteiger partial charge on any atom is 0.256 e. The largest absolute Gasteiger partial charge is 0.493 e. The Morgan fingerprint density at radius 2 is 2.12 bits per heavy atom. The van der Waals surface area contributed by atoms with Crippen LogP contribution in [0.5, 0.6) is 5.75 Å². The second-order valence-corrected chi connectivity index (χ2v) is 3.48. The predicted molar refractivity (Wildman–Crippen MR) is 59.1 cm³/mol. The molecule has 0 unspecified atom stereocenters. The van der Waals surface area contributed by atoms with E-state index in [2.05, 4.69) is 0 Å². The first-order chi connectivity index (χ1) is 7.72. The first-order valence-corrected chi connectivity index (χ1v) is 5.21. The summed E-state index contributed by atoms with van der Waals surface area (Å²) in [6.07, 6.45) is -0.675. The van der Waals surface area contributed by atoms with E-state index < -0.39 is 6.43 Å². The molecular weight excluding hydrogens is 212 g/mol. The maximum absolute atomic E-state index is 12.3. The van der Waals surface area contributed by atoms with E-state index in [0.717, 1.165) is 16.7 Å². The van der Waals surface area contributed by atoms with Crippen molar-refractivity contribution in [3.8, 4) is 5.75 Å². The van der Waals surface area contributed by atoms with Crippen LogP contribution in [0.15, 0.2) is 30.5 Å². The number of ether oxygens (including phenoxy) is 1. The number of hydrogen-bond acceptors (Lipinski definition) is 1. The highest BCUT2D eigenvalue weighted by Gasteiger charge is 2.09. The fourth-order valence-electron chi connectivity index (χ4n) is 1.78.